The summed E-state index contributed by atoms with van der Waals surface area (Å²) in [6.45, 7) is 6.45. The second-order valence-corrected chi connectivity index (χ2v) is 7.02. The molecule has 0 bridgehead atoms. The van der Waals surface area contributed by atoms with Crippen LogP contribution in [-0.4, -0.2) is 48.6 Å². The van der Waals surface area contributed by atoms with E-state index in [-0.39, 0.29) is 24.5 Å². The van der Waals surface area contributed by atoms with E-state index in [0.29, 0.717) is 17.9 Å². The van der Waals surface area contributed by atoms with Crippen molar-refractivity contribution in [3.63, 3.8) is 0 Å². The molecule has 0 unspecified atom stereocenters. The van der Waals surface area contributed by atoms with Crippen molar-refractivity contribution in [1.29, 1.82) is 0 Å². The molecule has 2 aromatic carbocycles. The maximum Gasteiger partial charge on any atom is 0.295 e. The smallest absolute Gasteiger partial charge is 0.295 e. The molecule has 0 radical (unpaired) electrons. The minimum atomic E-state index is -0.707. The zero-order valence-corrected chi connectivity index (χ0v) is 17.1. The summed E-state index contributed by atoms with van der Waals surface area (Å²) in [5.74, 6) is -0.956. The number of ether oxygens (including phenoxy) is 2. The van der Waals surface area contributed by atoms with E-state index < -0.39 is 17.7 Å². The number of aliphatic hydroxyl groups is 1. The van der Waals surface area contributed by atoms with Crippen molar-refractivity contribution in [3.8, 4) is 5.75 Å². The summed E-state index contributed by atoms with van der Waals surface area (Å²) >= 11 is 0. The number of rotatable bonds is 8. The highest BCUT2D eigenvalue weighted by atomic mass is 16.5. The summed E-state index contributed by atoms with van der Waals surface area (Å²) < 4.78 is 10.6. The quantitative estimate of drug-likeness (QED) is 0.313. The molecular weight excluding hydrogens is 382 g/mol. The van der Waals surface area contributed by atoms with Crippen LogP contribution in [-0.2, 0) is 14.3 Å². The fraction of sp³-hybridized carbons (Fsp3) is 0.250. The summed E-state index contributed by atoms with van der Waals surface area (Å²) in [5.41, 5.74) is 2.31. The van der Waals surface area contributed by atoms with E-state index in [9.17, 15) is 14.7 Å². The summed E-state index contributed by atoms with van der Waals surface area (Å²) in [6.07, 6.45) is 1.64. The Morgan fingerprint density at radius 1 is 1.13 bits per heavy atom. The minimum Gasteiger partial charge on any atom is -0.507 e. The first kappa shape index (κ1) is 21.3. The van der Waals surface area contributed by atoms with Gasteiger partial charge in [0.15, 0.2) is 0 Å². The third-order valence-electron chi connectivity index (χ3n) is 4.96. The molecule has 30 heavy (non-hydrogen) atoms. The second kappa shape index (κ2) is 9.41. The van der Waals surface area contributed by atoms with E-state index in [4.69, 9.17) is 9.47 Å². The van der Waals surface area contributed by atoms with E-state index in [1.54, 1.807) is 30.3 Å². The number of likely N-dealkylation sites (tertiary alicyclic amines) is 1. The SMILES string of the molecule is C=CCOc1ccc(C(O)=C2C(=O)C(=O)N(CCOC)[C@H]2c2ccc(C)cc2)cc1. The average Bonchev–Trinajstić information content (AvgIpc) is 3.01. The number of amides is 1. The van der Waals surface area contributed by atoms with Gasteiger partial charge in [-0.3, -0.25) is 9.59 Å². The van der Waals surface area contributed by atoms with Crippen LogP contribution in [0, 0.1) is 6.92 Å². The molecule has 0 aliphatic carbocycles. The van der Waals surface area contributed by atoms with Gasteiger partial charge in [0.25, 0.3) is 11.7 Å². The molecule has 6 nitrogen and oxygen atoms in total. The van der Waals surface area contributed by atoms with E-state index in [0.717, 1.165) is 11.1 Å². The van der Waals surface area contributed by atoms with Crippen LogP contribution in [0.2, 0.25) is 0 Å². The highest BCUT2D eigenvalue weighted by Gasteiger charge is 2.45. The molecule has 1 aliphatic rings. The van der Waals surface area contributed by atoms with E-state index in [1.807, 2.05) is 31.2 Å². The molecule has 156 valence electrons. The fourth-order valence-electron chi connectivity index (χ4n) is 3.42. The topological polar surface area (TPSA) is 76.1 Å². The number of nitrogens with zero attached hydrogens (tertiary/aromatic N) is 1. The highest BCUT2D eigenvalue weighted by Crippen LogP contribution is 2.39. The van der Waals surface area contributed by atoms with Gasteiger partial charge in [0.1, 0.15) is 18.1 Å². The van der Waals surface area contributed by atoms with Gasteiger partial charge in [-0.15, -0.1) is 0 Å². The second-order valence-electron chi connectivity index (χ2n) is 7.02. The summed E-state index contributed by atoms with van der Waals surface area (Å²) in [6, 6.07) is 13.6. The Morgan fingerprint density at radius 3 is 2.40 bits per heavy atom. The van der Waals surface area contributed by atoms with Crippen molar-refractivity contribution in [2.24, 2.45) is 0 Å². The van der Waals surface area contributed by atoms with Crippen molar-refractivity contribution in [1.82, 2.24) is 4.90 Å². The number of hydrogen-bond acceptors (Lipinski definition) is 5. The van der Waals surface area contributed by atoms with Crippen LogP contribution in [0.4, 0.5) is 0 Å². The standard InChI is InChI=1S/C24H25NO5/c1-4-14-30-19-11-9-18(10-12-19)22(26)20-21(17-7-5-16(2)6-8-17)25(13-15-29-3)24(28)23(20)27/h4-12,21,26H,1,13-15H2,2-3H3/t21-/m0/s1. The van der Waals surface area contributed by atoms with Crippen molar-refractivity contribution >= 4 is 17.4 Å². The number of aryl methyl sites for hydroxylation is 1. The van der Waals surface area contributed by atoms with Gasteiger partial charge >= 0.3 is 0 Å². The monoisotopic (exact) mass is 407 g/mol. The minimum absolute atomic E-state index is 0.0692. The van der Waals surface area contributed by atoms with Gasteiger partial charge in [0, 0.05) is 19.2 Å². The normalized spacial score (nSPS) is 17.9. The maximum absolute atomic E-state index is 12.9. The lowest BCUT2D eigenvalue weighted by atomic mass is 9.94. The lowest BCUT2D eigenvalue weighted by Gasteiger charge is -2.25. The molecule has 1 fully saturated rings. The molecule has 0 spiro atoms. The van der Waals surface area contributed by atoms with E-state index in [1.165, 1.54) is 12.0 Å². The van der Waals surface area contributed by atoms with Crippen molar-refractivity contribution < 1.29 is 24.2 Å². The Morgan fingerprint density at radius 2 is 1.80 bits per heavy atom. The lowest BCUT2D eigenvalue weighted by molar-refractivity contribution is -0.140. The van der Waals surface area contributed by atoms with Crippen molar-refractivity contribution in [2.45, 2.75) is 13.0 Å². The van der Waals surface area contributed by atoms with Crippen LogP contribution in [0.25, 0.3) is 5.76 Å². The summed E-state index contributed by atoms with van der Waals surface area (Å²) in [4.78, 5) is 27.0. The predicted molar refractivity (Wildman–Crippen MR) is 114 cm³/mol. The van der Waals surface area contributed by atoms with E-state index >= 15 is 0 Å². The van der Waals surface area contributed by atoms with Crippen LogP contribution >= 0.6 is 0 Å². The van der Waals surface area contributed by atoms with Gasteiger partial charge in [-0.25, -0.2) is 0 Å². The Hall–Kier alpha value is -3.38. The lowest BCUT2D eigenvalue weighted by Crippen LogP contribution is -2.32. The number of carbonyl (C=O) groups is 2. The van der Waals surface area contributed by atoms with Crippen LogP contribution in [0.3, 0.4) is 0 Å². The number of carbonyl (C=O) groups excluding carboxylic acids is 2. The van der Waals surface area contributed by atoms with Crippen molar-refractivity contribution in [3.05, 3.63) is 83.4 Å². The molecule has 1 N–H and O–H groups in total. The molecule has 0 saturated carbocycles. The molecule has 2 aromatic rings. The number of methoxy groups -OCH3 is 1. The van der Waals surface area contributed by atoms with Crippen LogP contribution in [0.15, 0.2) is 66.8 Å². The van der Waals surface area contributed by atoms with Crippen LogP contribution in [0.1, 0.15) is 22.7 Å². The number of ketones is 1. The molecule has 1 saturated heterocycles. The van der Waals surface area contributed by atoms with Gasteiger partial charge in [-0.2, -0.15) is 0 Å². The molecule has 6 heteroatoms. The third kappa shape index (κ3) is 4.28. The molecule has 1 heterocycles. The van der Waals surface area contributed by atoms with Gasteiger partial charge in [0.05, 0.1) is 18.2 Å². The number of Topliss-reactive ketones (excluding diaryl/α,β-unsaturated/α-hetero) is 1. The molecule has 1 amide bonds. The zero-order valence-electron chi connectivity index (χ0n) is 17.1. The Balaban J connectivity index is 2.05. The zero-order chi connectivity index (χ0) is 21.7. The first-order valence-corrected chi connectivity index (χ1v) is 9.66. The largest absolute Gasteiger partial charge is 0.507 e. The van der Waals surface area contributed by atoms with Crippen LogP contribution < -0.4 is 4.74 Å². The Labute approximate surface area is 176 Å². The molecule has 1 aliphatic heterocycles. The first-order chi connectivity index (χ1) is 14.5. The van der Waals surface area contributed by atoms with Gasteiger partial charge in [0.2, 0.25) is 0 Å². The maximum atomic E-state index is 12.9. The Kier molecular flexibility index (Phi) is 6.69. The Bertz CT molecular complexity index is 960. The summed E-state index contributed by atoms with van der Waals surface area (Å²) in [5, 5.41) is 11.0. The van der Waals surface area contributed by atoms with Crippen molar-refractivity contribution in [2.75, 3.05) is 26.9 Å². The average molecular weight is 407 g/mol. The third-order valence-corrected chi connectivity index (χ3v) is 4.96. The highest BCUT2D eigenvalue weighted by molar-refractivity contribution is 6.46. The van der Waals surface area contributed by atoms with Gasteiger partial charge < -0.3 is 19.5 Å². The summed E-state index contributed by atoms with van der Waals surface area (Å²) in [7, 11) is 1.54. The van der Waals surface area contributed by atoms with Crippen LogP contribution in [0.5, 0.6) is 5.75 Å². The molecule has 3 rings (SSSR count). The van der Waals surface area contributed by atoms with E-state index in [2.05, 4.69) is 6.58 Å². The molecule has 1 atom stereocenters. The number of aliphatic hydroxyl groups excluding tert-OH is 1. The van der Waals surface area contributed by atoms with Gasteiger partial charge in [-0.1, -0.05) is 42.5 Å². The molecular formula is C24H25NO5. The number of hydrogen-bond donors (Lipinski definition) is 1. The number of benzene rings is 2. The first-order valence-electron chi connectivity index (χ1n) is 9.66. The predicted octanol–water partition coefficient (Wildman–Crippen LogP) is 3.63. The van der Waals surface area contributed by atoms with Gasteiger partial charge in [-0.05, 0) is 36.8 Å². The molecule has 0 aromatic heterocycles. The fourth-order valence-corrected chi connectivity index (χ4v) is 3.42.